The van der Waals surface area contributed by atoms with E-state index in [0.717, 1.165) is 44.0 Å². The van der Waals surface area contributed by atoms with E-state index in [4.69, 9.17) is 5.73 Å². The van der Waals surface area contributed by atoms with Gasteiger partial charge in [0.25, 0.3) is 11.5 Å². The number of nitrogens with two attached hydrogens (primary N) is 1. The fourth-order valence-corrected chi connectivity index (χ4v) is 6.58. The summed E-state index contributed by atoms with van der Waals surface area (Å²) in [5.74, 6) is 0.768. The minimum atomic E-state index is 0.0396. The van der Waals surface area contributed by atoms with Crippen LogP contribution in [0.3, 0.4) is 0 Å². The highest BCUT2D eigenvalue weighted by Gasteiger charge is 2.35. The molecule has 1 aromatic heterocycles. The number of hydrogen-bond donors (Lipinski definition) is 1. The summed E-state index contributed by atoms with van der Waals surface area (Å²) in [6, 6.07) is 20.2. The average molecular weight is 498 g/mol. The second-order valence-corrected chi connectivity index (χ2v) is 11.0. The van der Waals surface area contributed by atoms with Gasteiger partial charge in [-0.25, -0.2) is 0 Å². The number of fused-ring (bicyclic) bond motifs is 4. The maximum atomic E-state index is 13.4. The van der Waals surface area contributed by atoms with E-state index in [1.807, 2.05) is 33.7 Å². The Bertz CT molecular complexity index is 1400. The van der Waals surface area contributed by atoms with Gasteiger partial charge in [0, 0.05) is 74.2 Å². The Morgan fingerprint density at radius 1 is 0.946 bits per heavy atom. The number of nitrogen functional groups attached to an aromatic ring is 1. The van der Waals surface area contributed by atoms with Crippen LogP contribution >= 0.6 is 0 Å². The molecule has 7 heteroatoms. The highest BCUT2D eigenvalue weighted by atomic mass is 16.2. The highest BCUT2D eigenvalue weighted by Crippen LogP contribution is 2.38. The number of carbonyl (C=O) groups is 1. The molecule has 0 saturated carbocycles. The number of aromatic nitrogens is 1. The van der Waals surface area contributed by atoms with E-state index < -0.39 is 0 Å². The highest BCUT2D eigenvalue weighted by molar-refractivity contribution is 5.96. The minimum Gasteiger partial charge on any atom is -0.397 e. The quantitative estimate of drug-likeness (QED) is 0.559. The number of aryl methyl sites for hydroxylation is 1. The van der Waals surface area contributed by atoms with Gasteiger partial charge in [-0.1, -0.05) is 18.2 Å². The van der Waals surface area contributed by atoms with Crippen molar-refractivity contribution in [3.8, 4) is 0 Å². The summed E-state index contributed by atoms with van der Waals surface area (Å²) in [6.07, 6.45) is 1.10. The Kier molecular flexibility index (Phi) is 5.94. The van der Waals surface area contributed by atoms with Crippen LogP contribution in [0.15, 0.2) is 65.5 Å². The monoisotopic (exact) mass is 497 g/mol. The van der Waals surface area contributed by atoms with E-state index in [2.05, 4.69) is 54.0 Å². The number of anilines is 3. The van der Waals surface area contributed by atoms with Crippen molar-refractivity contribution in [2.75, 3.05) is 48.3 Å². The predicted molar refractivity (Wildman–Crippen MR) is 149 cm³/mol. The lowest BCUT2D eigenvalue weighted by Gasteiger charge is -2.44. The first-order valence-electron chi connectivity index (χ1n) is 13.3. The Morgan fingerprint density at radius 3 is 2.57 bits per heavy atom. The summed E-state index contributed by atoms with van der Waals surface area (Å²) in [5.41, 5.74) is 12.5. The van der Waals surface area contributed by atoms with E-state index >= 15 is 0 Å². The number of piperazine rings is 1. The van der Waals surface area contributed by atoms with E-state index in [9.17, 15) is 9.59 Å². The van der Waals surface area contributed by atoms with Crippen molar-refractivity contribution in [1.29, 1.82) is 0 Å². The van der Waals surface area contributed by atoms with Crippen molar-refractivity contribution < 1.29 is 4.79 Å². The average Bonchev–Trinajstić information content (AvgIpc) is 2.88. The van der Waals surface area contributed by atoms with Crippen molar-refractivity contribution in [3.63, 3.8) is 0 Å². The molecule has 37 heavy (non-hydrogen) atoms. The first kappa shape index (κ1) is 23.6. The van der Waals surface area contributed by atoms with Crippen molar-refractivity contribution in [1.82, 2.24) is 9.47 Å². The fraction of sp³-hybridized carbons (Fsp3) is 0.400. The summed E-state index contributed by atoms with van der Waals surface area (Å²) in [5, 5.41) is 0. The first-order chi connectivity index (χ1) is 17.9. The van der Waals surface area contributed by atoms with Crippen LogP contribution in [0.2, 0.25) is 0 Å². The molecule has 2 saturated heterocycles. The van der Waals surface area contributed by atoms with Gasteiger partial charge in [0.1, 0.15) is 0 Å². The van der Waals surface area contributed by atoms with Crippen LogP contribution in [-0.2, 0) is 6.54 Å². The topological polar surface area (TPSA) is 74.8 Å². The summed E-state index contributed by atoms with van der Waals surface area (Å²) < 4.78 is 1.95. The summed E-state index contributed by atoms with van der Waals surface area (Å²) in [7, 11) is 0. The van der Waals surface area contributed by atoms with Crippen molar-refractivity contribution in [2.24, 2.45) is 5.92 Å². The molecule has 2 bridgehead atoms. The standard InChI is InChI=1S/C30H35N5O2/c1-20-5-3-6-25(13-20)34-12-11-32(16-21(34)2)30(37)23-9-10-28(26(31)15-23)33-17-22-14-24(19-33)27-7-4-8-29(36)35(27)18-22/h3-10,13,15,21-22,24H,11-12,14,16-19,31H2,1-2H3. The number of pyridine rings is 1. The number of piperidine rings is 1. The molecule has 7 nitrogen and oxygen atoms in total. The third-order valence-electron chi connectivity index (χ3n) is 8.34. The molecule has 2 N–H and O–H groups in total. The minimum absolute atomic E-state index is 0.0396. The van der Waals surface area contributed by atoms with Gasteiger partial charge in [-0.15, -0.1) is 0 Å². The zero-order chi connectivity index (χ0) is 25.7. The van der Waals surface area contributed by atoms with Gasteiger partial charge in [0.2, 0.25) is 0 Å². The maximum Gasteiger partial charge on any atom is 0.254 e. The van der Waals surface area contributed by atoms with Crippen molar-refractivity contribution in [3.05, 3.63) is 87.8 Å². The zero-order valence-corrected chi connectivity index (χ0v) is 21.6. The van der Waals surface area contributed by atoms with Gasteiger partial charge in [0.15, 0.2) is 0 Å². The van der Waals surface area contributed by atoms with Crippen LogP contribution in [0.1, 0.15) is 40.9 Å². The normalized spacial score (nSPS) is 23.1. The second-order valence-electron chi connectivity index (χ2n) is 11.0. The predicted octanol–water partition coefficient (Wildman–Crippen LogP) is 3.71. The number of carbonyl (C=O) groups excluding carboxylic acids is 1. The van der Waals surface area contributed by atoms with E-state index in [1.54, 1.807) is 6.07 Å². The van der Waals surface area contributed by atoms with Gasteiger partial charge in [-0.2, -0.15) is 0 Å². The fourth-order valence-electron chi connectivity index (χ4n) is 6.58. The summed E-state index contributed by atoms with van der Waals surface area (Å²) in [4.78, 5) is 32.4. The molecule has 0 aliphatic carbocycles. The van der Waals surface area contributed by atoms with E-state index in [0.29, 0.717) is 36.2 Å². The number of amides is 1. The molecule has 3 atom stereocenters. The Morgan fingerprint density at radius 2 is 1.78 bits per heavy atom. The molecule has 3 aliphatic rings. The second kappa shape index (κ2) is 9.29. The molecule has 4 heterocycles. The lowest BCUT2D eigenvalue weighted by Crippen LogP contribution is -2.53. The Balaban J connectivity index is 1.16. The molecule has 3 aromatic rings. The van der Waals surface area contributed by atoms with Crippen LogP contribution in [0.4, 0.5) is 17.1 Å². The molecule has 2 aromatic carbocycles. The molecule has 0 spiro atoms. The van der Waals surface area contributed by atoms with Crippen LogP contribution in [-0.4, -0.2) is 54.1 Å². The van der Waals surface area contributed by atoms with E-state index in [1.165, 1.54) is 11.3 Å². The van der Waals surface area contributed by atoms with Gasteiger partial charge in [-0.3, -0.25) is 9.59 Å². The van der Waals surface area contributed by atoms with Gasteiger partial charge >= 0.3 is 0 Å². The molecule has 0 radical (unpaired) electrons. The third-order valence-corrected chi connectivity index (χ3v) is 8.34. The maximum absolute atomic E-state index is 13.4. The molecular formula is C30H35N5O2. The molecule has 192 valence electrons. The summed E-state index contributed by atoms with van der Waals surface area (Å²) >= 11 is 0. The molecular weight excluding hydrogens is 462 g/mol. The van der Waals surface area contributed by atoms with Gasteiger partial charge in [-0.05, 0) is 68.1 Å². The zero-order valence-electron chi connectivity index (χ0n) is 21.6. The Hall–Kier alpha value is -3.74. The SMILES string of the molecule is Cc1cccc(N2CCN(C(=O)c3ccc(N4CC5CC(C4)c4cccc(=O)n4C5)c(N)c3)CC2C)c1. The van der Waals surface area contributed by atoms with Crippen molar-refractivity contribution >= 4 is 23.0 Å². The number of nitrogens with zero attached hydrogens (tertiary/aromatic N) is 4. The molecule has 1 amide bonds. The summed E-state index contributed by atoms with van der Waals surface area (Å²) in [6.45, 7) is 8.92. The smallest absolute Gasteiger partial charge is 0.254 e. The first-order valence-corrected chi connectivity index (χ1v) is 13.3. The lowest BCUT2D eigenvalue weighted by molar-refractivity contribution is 0.0726. The van der Waals surface area contributed by atoms with E-state index in [-0.39, 0.29) is 17.5 Å². The van der Waals surface area contributed by atoms with Crippen LogP contribution in [0, 0.1) is 12.8 Å². The largest absolute Gasteiger partial charge is 0.397 e. The van der Waals surface area contributed by atoms with Crippen LogP contribution in [0.5, 0.6) is 0 Å². The number of benzene rings is 2. The van der Waals surface area contributed by atoms with Crippen LogP contribution in [0.25, 0.3) is 0 Å². The lowest BCUT2D eigenvalue weighted by atomic mass is 9.83. The molecule has 2 fully saturated rings. The molecule has 3 unspecified atom stereocenters. The third kappa shape index (κ3) is 4.37. The van der Waals surface area contributed by atoms with Crippen molar-refractivity contribution in [2.45, 2.75) is 38.8 Å². The van der Waals surface area contributed by atoms with Crippen LogP contribution < -0.4 is 21.1 Å². The number of rotatable bonds is 3. The van der Waals surface area contributed by atoms with Gasteiger partial charge < -0.3 is 25.0 Å². The van der Waals surface area contributed by atoms with Gasteiger partial charge in [0.05, 0.1) is 11.4 Å². The molecule has 3 aliphatic heterocycles. The number of hydrogen-bond acceptors (Lipinski definition) is 5. The Labute approximate surface area is 218 Å². The molecule has 6 rings (SSSR count).